The number of carbonyl (C=O) groups is 2. The second kappa shape index (κ2) is 4.02. The van der Waals surface area contributed by atoms with Gasteiger partial charge in [0.25, 0.3) is 5.24 Å². The summed E-state index contributed by atoms with van der Waals surface area (Å²) in [6.07, 6.45) is 0.375. The van der Waals surface area contributed by atoms with E-state index >= 15 is 0 Å². The molecule has 2 rings (SSSR count). The number of amides is 2. The van der Waals surface area contributed by atoms with Crippen molar-refractivity contribution in [2.24, 2.45) is 0 Å². The maximum Gasteiger partial charge on any atom is 0.286 e. The first-order valence-electron chi connectivity index (χ1n) is 4.41. The van der Waals surface area contributed by atoms with Gasteiger partial charge in [-0.25, -0.2) is 4.39 Å². The van der Waals surface area contributed by atoms with Crippen LogP contribution in [0, 0.1) is 5.82 Å². The monoisotopic (exact) mass is 225 g/mol. The molecule has 1 aliphatic rings. The predicted molar refractivity (Wildman–Crippen MR) is 55.0 cm³/mol. The molecule has 78 valence electrons. The lowest BCUT2D eigenvalue weighted by Gasteiger charge is -2.04. The van der Waals surface area contributed by atoms with Crippen LogP contribution in [0.1, 0.15) is 5.56 Å². The molecule has 1 N–H and O–H groups in total. The highest BCUT2D eigenvalue weighted by molar-refractivity contribution is 8.15. The zero-order valence-corrected chi connectivity index (χ0v) is 8.51. The first-order chi connectivity index (χ1) is 7.15. The Bertz CT molecular complexity index is 422. The lowest BCUT2D eigenvalue weighted by molar-refractivity contribution is -0.118. The van der Waals surface area contributed by atoms with Gasteiger partial charge in [0.05, 0.1) is 5.25 Å². The molecule has 1 aromatic carbocycles. The topological polar surface area (TPSA) is 46.2 Å². The quantitative estimate of drug-likeness (QED) is 0.833. The van der Waals surface area contributed by atoms with Crippen LogP contribution in [0.15, 0.2) is 24.3 Å². The molecule has 15 heavy (non-hydrogen) atoms. The lowest BCUT2D eigenvalue weighted by atomic mass is 10.1. The molecule has 0 unspecified atom stereocenters. The molecule has 2 amide bonds. The van der Waals surface area contributed by atoms with Crippen LogP contribution >= 0.6 is 11.8 Å². The molecule has 0 bridgehead atoms. The van der Waals surface area contributed by atoms with Crippen molar-refractivity contribution in [3.8, 4) is 0 Å². The minimum absolute atomic E-state index is 0.297. The van der Waals surface area contributed by atoms with Gasteiger partial charge in [0.1, 0.15) is 5.82 Å². The molecule has 1 atom stereocenters. The molecule has 1 saturated heterocycles. The number of thioether (sulfide) groups is 1. The van der Waals surface area contributed by atoms with E-state index < -0.39 is 5.25 Å². The maximum absolute atomic E-state index is 12.8. The molecule has 5 heteroatoms. The number of nitrogens with one attached hydrogen (secondary N) is 1. The second-order valence-corrected chi connectivity index (χ2v) is 4.39. The van der Waals surface area contributed by atoms with Crippen LogP contribution < -0.4 is 5.32 Å². The molecular weight excluding hydrogens is 217 g/mol. The normalized spacial score (nSPS) is 20.5. The molecule has 1 aliphatic heterocycles. The van der Waals surface area contributed by atoms with Crippen LogP contribution in [-0.2, 0) is 11.2 Å². The van der Waals surface area contributed by atoms with Gasteiger partial charge < -0.3 is 0 Å². The smallest absolute Gasteiger partial charge is 0.286 e. The van der Waals surface area contributed by atoms with Gasteiger partial charge in [0, 0.05) is 0 Å². The molecular formula is C10H8FNO2S. The van der Waals surface area contributed by atoms with Crippen molar-refractivity contribution in [3.63, 3.8) is 0 Å². The average Bonchev–Trinajstić information content (AvgIpc) is 2.45. The maximum atomic E-state index is 12.8. The minimum atomic E-state index is -0.431. The van der Waals surface area contributed by atoms with Gasteiger partial charge in [-0.05, 0) is 24.1 Å². The van der Waals surface area contributed by atoms with Crippen molar-refractivity contribution < 1.29 is 14.0 Å². The van der Waals surface area contributed by atoms with Crippen molar-refractivity contribution in [3.05, 3.63) is 35.6 Å². The third-order valence-electron chi connectivity index (χ3n) is 2.08. The third kappa shape index (κ3) is 2.36. The van der Waals surface area contributed by atoms with E-state index in [0.717, 1.165) is 17.3 Å². The number of rotatable bonds is 2. The number of hydrogen-bond donors (Lipinski definition) is 1. The molecule has 1 fully saturated rings. The minimum Gasteiger partial charge on any atom is -0.286 e. The Hall–Kier alpha value is -1.36. The number of hydrogen-bond acceptors (Lipinski definition) is 3. The highest BCUT2D eigenvalue weighted by Gasteiger charge is 2.31. The van der Waals surface area contributed by atoms with Crippen LogP contribution in [0.25, 0.3) is 0 Å². The Balaban J connectivity index is 2.09. The Morgan fingerprint density at radius 1 is 1.40 bits per heavy atom. The van der Waals surface area contributed by atoms with E-state index in [1.54, 1.807) is 12.1 Å². The molecule has 3 nitrogen and oxygen atoms in total. The summed E-state index contributed by atoms with van der Waals surface area (Å²) in [6.45, 7) is 0. The van der Waals surface area contributed by atoms with Crippen molar-refractivity contribution in [1.82, 2.24) is 5.32 Å². The molecule has 0 saturated carbocycles. The average molecular weight is 225 g/mol. The molecule has 0 aliphatic carbocycles. The summed E-state index contributed by atoms with van der Waals surface area (Å²) in [7, 11) is 0. The van der Waals surface area contributed by atoms with Gasteiger partial charge in [-0.15, -0.1) is 0 Å². The zero-order valence-electron chi connectivity index (χ0n) is 7.70. The Morgan fingerprint density at radius 2 is 2.20 bits per heavy atom. The van der Waals surface area contributed by atoms with E-state index in [1.807, 2.05) is 0 Å². The van der Waals surface area contributed by atoms with Crippen LogP contribution in [-0.4, -0.2) is 16.4 Å². The Kier molecular flexibility index (Phi) is 2.73. The van der Waals surface area contributed by atoms with Gasteiger partial charge in [-0.1, -0.05) is 23.9 Å². The number of halogens is 1. The highest BCUT2D eigenvalue weighted by atomic mass is 32.2. The van der Waals surface area contributed by atoms with Crippen LogP contribution in [0.3, 0.4) is 0 Å². The Morgan fingerprint density at radius 3 is 2.80 bits per heavy atom. The molecule has 0 aromatic heterocycles. The van der Waals surface area contributed by atoms with Crippen molar-refractivity contribution >= 4 is 22.9 Å². The van der Waals surface area contributed by atoms with E-state index in [9.17, 15) is 14.0 Å². The summed E-state index contributed by atoms with van der Waals surface area (Å²) < 4.78 is 12.8. The number of imide groups is 1. The summed E-state index contributed by atoms with van der Waals surface area (Å²) >= 11 is 0.952. The summed E-state index contributed by atoms with van der Waals surface area (Å²) in [5, 5.41) is 1.43. The second-order valence-electron chi connectivity index (χ2n) is 3.22. The van der Waals surface area contributed by atoms with Gasteiger partial charge >= 0.3 is 0 Å². The van der Waals surface area contributed by atoms with E-state index in [-0.39, 0.29) is 17.0 Å². The summed E-state index contributed by atoms with van der Waals surface area (Å²) in [5.41, 5.74) is 0.720. The number of benzene rings is 1. The van der Waals surface area contributed by atoms with E-state index in [4.69, 9.17) is 0 Å². The number of carbonyl (C=O) groups excluding carboxylic acids is 2. The fourth-order valence-corrected chi connectivity index (χ4v) is 2.27. The SMILES string of the molecule is O=C1NC(=O)[C@@H](Cc2cccc(F)c2)S1. The van der Waals surface area contributed by atoms with Crippen LogP contribution in [0.2, 0.25) is 0 Å². The summed E-state index contributed by atoms with van der Waals surface area (Å²) in [4.78, 5) is 22.1. The highest BCUT2D eigenvalue weighted by Crippen LogP contribution is 2.22. The van der Waals surface area contributed by atoms with Gasteiger partial charge in [0.2, 0.25) is 5.91 Å². The van der Waals surface area contributed by atoms with Crippen molar-refractivity contribution in [2.45, 2.75) is 11.7 Å². The molecule has 0 radical (unpaired) electrons. The summed E-state index contributed by atoms with van der Waals surface area (Å²) in [5.74, 6) is -0.628. The van der Waals surface area contributed by atoms with Crippen LogP contribution in [0.5, 0.6) is 0 Å². The van der Waals surface area contributed by atoms with E-state index in [1.165, 1.54) is 12.1 Å². The first kappa shape index (κ1) is 10.2. The van der Waals surface area contributed by atoms with Crippen molar-refractivity contribution in [2.75, 3.05) is 0 Å². The Labute approximate surface area is 90.0 Å². The lowest BCUT2D eigenvalue weighted by Crippen LogP contribution is -2.25. The van der Waals surface area contributed by atoms with Gasteiger partial charge in [-0.3, -0.25) is 14.9 Å². The first-order valence-corrected chi connectivity index (χ1v) is 5.29. The third-order valence-corrected chi connectivity index (χ3v) is 3.06. The molecule has 1 aromatic rings. The van der Waals surface area contributed by atoms with E-state index in [0.29, 0.717) is 6.42 Å². The molecule has 1 heterocycles. The van der Waals surface area contributed by atoms with Gasteiger partial charge in [0.15, 0.2) is 0 Å². The fourth-order valence-electron chi connectivity index (χ4n) is 1.41. The van der Waals surface area contributed by atoms with Gasteiger partial charge in [-0.2, -0.15) is 0 Å². The zero-order chi connectivity index (χ0) is 10.8. The fraction of sp³-hybridized carbons (Fsp3) is 0.200. The van der Waals surface area contributed by atoms with Crippen LogP contribution in [0.4, 0.5) is 9.18 Å². The molecule has 0 spiro atoms. The predicted octanol–water partition coefficient (Wildman–Crippen LogP) is 1.72. The summed E-state index contributed by atoms with van der Waals surface area (Å²) in [6, 6.07) is 6.04. The van der Waals surface area contributed by atoms with E-state index in [2.05, 4.69) is 5.32 Å². The standard InChI is InChI=1S/C10H8FNO2S/c11-7-3-1-2-6(4-7)5-8-9(13)12-10(14)15-8/h1-4,8H,5H2,(H,12,13,14)/t8-/m1/s1. The largest absolute Gasteiger partial charge is 0.286 e. The van der Waals surface area contributed by atoms with Crippen molar-refractivity contribution in [1.29, 1.82) is 0 Å².